The number of hydrogen-bond donors (Lipinski definition) is 0. The maximum atomic E-state index is 12.9. The lowest BCUT2D eigenvalue weighted by Crippen LogP contribution is -2.30. The second-order valence-electron chi connectivity index (χ2n) is 22.3. The van der Waals surface area contributed by atoms with Crippen LogP contribution in [0.2, 0.25) is 0 Å². The van der Waals surface area contributed by atoms with E-state index >= 15 is 0 Å². The topological polar surface area (TPSA) is 78.9 Å². The van der Waals surface area contributed by atoms with Crippen molar-refractivity contribution in [1.29, 1.82) is 0 Å². The minimum atomic E-state index is -0.782. The summed E-state index contributed by atoms with van der Waals surface area (Å²) in [5.74, 6) is -0.881. The summed E-state index contributed by atoms with van der Waals surface area (Å²) >= 11 is 0. The molecule has 0 N–H and O–H groups in total. The van der Waals surface area contributed by atoms with Crippen LogP contribution in [0.1, 0.15) is 335 Å². The molecule has 0 spiro atoms. The zero-order valence-corrected chi connectivity index (χ0v) is 51.7. The number of esters is 3. The van der Waals surface area contributed by atoms with Gasteiger partial charge in [-0.2, -0.15) is 0 Å². The number of rotatable bonds is 61. The molecular weight excluding hydrogens is 961 g/mol. The fourth-order valence-corrected chi connectivity index (χ4v) is 9.59. The first-order valence-corrected chi connectivity index (χ1v) is 33.6. The van der Waals surface area contributed by atoms with Crippen LogP contribution >= 0.6 is 0 Å². The van der Waals surface area contributed by atoms with Gasteiger partial charge in [-0.25, -0.2) is 0 Å². The molecule has 0 aliphatic carbocycles. The average molecular weight is 1090 g/mol. The Morgan fingerprint density at radius 2 is 0.526 bits per heavy atom. The monoisotopic (exact) mass is 1090 g/mol. The fourth-order valence-electron chi connectivity index (χ4n) is 9.59. The SMILES string of the molecule is CC/C=C\C/C=C\C/C=C\C/C=C\CCCCCCCCCCCCC(=O)OC(COC(=O)CCCCCCC/C=C\CCC)COC(=O)CCCCCCCCCCCCCCCCC/C=C\C/C=C\CCCCCCC. The largest absolute Gasteiger partial charge is 0.462 e. The Morgan fingerprint density at radius 3 is 0.846 bits per heavy atom. The van der Waals surface area contributed by atoms with Crippen molar-refractivity contribution in [3.05, 3.63) is 85.1 Å². The van der Waals surface area contributed by atoms with Crippen molar-refractivity contribution in [3.8, 4) is 0 Å². The second-order valence-corrected chi connectivity index (χ2v) is 22.3. The van der Waals surface area contributed by atoms with Gasteiger partial charge in [0.25, 0.3) is 0 Å². The van der Waals surface area contributed by atoms with Crippen LogP contribution in [0.3, 0.4) is 0 Å². The van der Waals surface area contributed by atoms with Gasteiger partial charge in [0.2, 0.25) is 0 Å². The van der Waals surface area contributed by atoms with Gasteiger partial charge in [-0.3, -0.25) is 14.4 Å². The molecule has 0 saturated carbocycles. The molecule has 0 aromatic carbocycles. The van der Waals surface area contributed by atoms with E-state index in [9.17, 15) is 14.4 Å². The second kappa shape index (κ2) is 66.1. The minimum Gasteiger partial charge on any atom is -0.462 e. The van der Waals surface area contributed by atoms with E-state index < -0.39 is 6.10 Å². The third-order valence-corrected chi connectivity index (χ3v) is 14.6. The molecule has 0 fully saturated rings. The highest BCUT2D eigenvalue weighted by atomic mass is 16.6. The molecule has 1 atom stereocenters. The molecule has 0 heterocycles. The molecule has 0 bridgehead atoms. The first-order chi connectivity index (χ1) is 38.5. The summed E-state index contributed by atoms with van der Waals surface area (Å²) in [6, 6.07) is 0. The first-order valence-electron chi connectivity index (χ1n) is 33.6. The molecule has 6 nitrogen and oxygen atoms in total. The highest BCUT2D eigenvalue weighted by molar-refractivity contribution is 5.71. The predicted octanol–water partition coefficient (Wildman–Crippen LogP) is 23.1. The lowest BCUT2D eigenvalue weighted by Gasteiger charge is -2.18. The van der Waals surface area contributed by atoms with Crippen LogP contribution in [0.5, 0.6) is 0 Å². The molecule has 1 unspecified atom stereocenters. The summed E-state index contributed by atoms with van der Waals surface area (Å²) < 4.78 is 16.9. The summed E-state index contributed by atoms with van der Waals surface area (Å²) in [5.41, 5.74) is 0. The number of carbonyl (C=O) groups excluding carboxylic acids is 3. The van der Waals surface area contributed by atoms with Crippen LogP contribution in [0.25, 0.3) is 0 Å². The Balaban J connectivity index is 4.20. The summed E-state index contributed by atoms with van der Waals surface area (Å²) in [5, 5.41) is 0. The summed E-state index contributed by atoms with van der Waals surface area (Å²) in [7, 11) is 0. The Labute approximate surface area is 484 Å². The maximum absolute atomic E-state index is 12.9. The lowest BCUT2D eigenvalue weighted by molar-refractivity contribution is -0.167. The fraction of sp³-hybridized carbons (Fsp3) is 0.764. The van der Waals surface area contributed by atoms with Crippen molar-refractivity contribution in [2.24, 2.45) is 0 Å². The molecular formula is C72H126O6. The highest BCUT2D eigenvalue weighted by Crippen LogP contribution is 2.17. The standard InChI is InChI=1S/C72H126O6/c1-4-7-10-13-16-19-22-24-26-28-30-32-34-35-36-37-39-40-42-44-46-48-50-53-56-59-62-65-71(74)77-68-69(67-76-70(73)64-61-58-55-52-21-18-15-12-9-6-3)78-72(75)66-63-60-57-54-51-49-47-45-43-41-38-33-31-29-27-25-23-20-17-14-11-8-5-2/h8,11-12,15,17,20,22,24-25,27-28,30-31,33,69H,4-7,9-10,13-14,16,18-19,21,23,26,29,32,34-68H2,1-3H3/b11-8-,15-12-,20-17-,24-22-,27-25-,30-28-,33-31-. The molecule has 0 radical (unpaired) electrons. The molecule has 0 aromatic rings. The van der Waals surface area contributed by atoms with Gasteiger partial charge in [0.15, 0.2) is 6.10 Å². The van der Waals surface area contributed by atoms with Crippen molar-refractivity contribution in [2.45, 2.75) is 341 Å². The Morgan fingerprint density at radius 1 is 0.269 bits per heavy atom. The third kappa shape index (κ3) is 63.4. The minimum absolute atomic E-state index is 0.0787. The molecule has 0 rings (SSSR count). The number of unbranched alkanes of at least 4 members (excludes halogenated alkanes) is 36. The number of allylic oxidation sites excluding steroid dienone is 14. The van der Waals surface area contributed by atoms with Gasteiger partial charge < -0.3 is 14.2 Å². The van der Waals surface area contributed by atoms with Gasteiger partial charge in [0.05, 0.1) is 0 Å². The summed E-state index contributed by atoms with van der Waals surface area (Å²) in [6.07, 6.45) is 87.5. The van der Waals surface area contributed by atoms with E-state index in [1.807, 2.05) is 0 Å². The molecule has 78 heavy (non-hydrogen) atoms. The van der Waals surface area contributed by atoms with E-state index in [1.165, 1.54) is 193 Å². The Hall–Kier alpha value is -3.41. The zero-order chi connectivity index (χ0) is 56.4. The van der Waals surface area contributed by atoms with Crippen LogP contribution in [-0.4, -0.2) is 37.2 Å². The summed E-state index contributed by atoms with van der Waals surface area (Å²) in [6.45, 7) is 6.48. The van der Waals surface area contributed by atoms with Crippen LogP contribution in [0.4, 0.5) is 0 Å². The Bertz CT molecular complexity index is 1480. The van der Waals surface area contributed by atoms with Gasteiger partial charge in [-0.05, 0) is 109 Å². The zero-order valence-electron chi connectivity index (χ0n) is 51.7. The molecule has 0 saturated heterocycles. The van der Waals surface area contributed by atoms with E-state index in [4.69, 9.17) is 14.2 Å². The van der Waals surface area contributed by atoms with Crippen LogP contribution in [0.15, 0.2) is 85.1 Å². The van der Waals surface area contributed by atoms with E-state index in [-0.39, 0.29) is 31.1 Å². The molecule has 450 valence electrons. The van der Waals surface area contributed by atoms with Gasteiger partial charge in [-0.1, -0.05) is 292 Å². The van der Waals surface area contributed by atoms with Crippen LogP contribution in [0, 0.1) is 0 Å². The number of ether oxygens (including phenoxy) is 3. The van der Waals surface area contributed by atoms with Crippen molar-refractivity contribution in [3.63, 3.8) is 0 Å². The lowest BCUT2D eigenvalue weighted by atomic mass is 10.0. The van der Waals surface area contributed by atoms with Gasteiger partial charge >= 0.3 is 17.9 Å². The Kier molecular flexibility index (Phi) is 63.2. The summed E-state index contributed by atoms with van der Waals surface area (Å²) in [4.78, 5) is 38.3. The highest BCUT2D eigenvalue weighted by Gasteiger charge is 2.19. The van der Waals surface area contributed by atoms with Gasteiger partial charge in [0, 0.05) is 19.3 Å². The van der Waals surface area contributed by atoms with E-state index in [0.29, 0.717) is 19.3 Å². The van der Waals surface area contributed by atoms with Gasteiger partial charge in [-0.15, -0.1) is 0 Å². The maximum Gasteiger partial charge on any atom is 0.306 e. The van der Waals surface area contributed by atoms with E-state index in [0.717, 1.165) is 103 Å². The number of carbonyl (C=O) groups is 3. The van der Waals surface area contributed by atoms with Crippen LogP contribution < -0.4 is 0 Å². The van der Waals surface area contributed by atoms with Gasteiger partial charge in [0.1, 0.15) is 13.2 Å². The smallest absolute Gasteiger partial charge is 0.306 e. The van der Waals surface area contributed by atoms with Crippen LogP contribution in [-0.2, 0) is 28.6 Å². The molecule has 0 amide bonds. The molecule has 6 heteroatoms. The first kappa shape index (κ1) is 74.6. The van der Waals surface area contributed by atoms with Crippen molar-refractivity contribution in [1.82, 2.24) is 0 Å². The molecule has 0 aromatic heterocycles. The third-order valence-electron chi connectivity index (χ3n) is 14.6. The van der Waals surface area contributed by atoms with Crippen molar-refractivity contribution >= 4 is 17.9 Å². The number of hydrogen-bond acceptors (Lipinski definition) is 6. The quantitative estimate of drug-likeness (QED) is 0.0261. The van der Waals surface area contributed by atoms with Crippen molar-refractivity contribution < 1.29 is 28.6 Å². The van der Waals surface area contributed by atoms with Crippen molar-refractivity contribution in [2.75, 3.05) is 13.2 Å². The molecule has 0 aliphatic heterocycles. The van der Waals surface area contributed by atoms with E-state index in [1.54, 1.807) is 0 Å². The van der Waals surface area contributed by atoms with E-state index in [2.05, 4.69) is 106 Å². The average Bonchev–Trinajstić information content (AvgIpc) is 3.44. The molecule has 0 aliphatic rings. The predicted molar refractivity (Wildman–Crippen MR) is 339 cm³/mol. The normalized spacial score (nSPS) is 12.6.